The van der Waals surface area contributed by atoms with Crippen LogP contribution in [-0.2, 0) is 10.3 Å². The minimum Gasteiger partial charge on any atom is -0.382 e. The van der Waals surface area contributed by atoms with Gasteiger partial charge in [-0.25, -0.2) is 9.97 Å². The maximum atomic E-state index is 11.7. The maximum absolute atomic E-state index is 11.7. The number of thiophene rings is 1. The number of nitrogens with one attached hydrogen (secondary N) is 1. The number of aromatic nitrogens is 4. The Morgan fingerprint density at radius 1 is 1.44 bits per heavy atom. The van der Waals surface area contributed by atoms with Crippen LogP contribution in [0.25, 0.3) is 21.5 Å². The molecule has 0 aliphatic carbocycles. The number of hydrogen-bond donors (Lipinski definition) is 1. The standard InChI is InChI=1S/C22H24N8OS/c1-5-17(12-28(3)4)25-21-26-18-6-9-32-20(18)19(27-21)16-10-24-30(11-16)22(7-8-23)13-29(14-22)15(2)31/h5-6,9-12H,1,7,13-14H2,2-4H3,(H,25,26,27)/b17-12+. The highest BCUT2D eigenvalue weighted by Gasteiger charge is 2.46. The predicted molar refractivity (Wildman–Crippen MR) is 125 cm³/mol. The van der Waals surface area contributed by atoms with E-state index in [2.05, 4.69) is 28.0 Å². The molecule has 1 amide bonds. The first-order chi connectivity index (χ1) is 15.3. The number of hydrogen-bond acceptors (Lipinski definition) is 8. The number of fused-ring (bicyclic) bond motifs is 1. The van der Waals surface area contributed by atoms with E-state index in [1.807, 2.05) is 42.8 Å². The van der Waals surface area contributed by atoms with E-state index in [0.717, 1.165) is 27.2 Å². The van der Waals surface area contributed by atoms with E-state index in [0.29, 0.717) is 19.0 Å². The number of carbonyl (C=O) groups is 1. The summed E-state index contributed by atoms with van der Waals surface area (Å²) in [6.45, 7) is 6.33. The van der Waals surface area contributed by atoms with Crippen molar-refractivity contribution in [3.63, 3.8) is 0 Å². The van der Waals surface area contributed by atoms with E-state index < -0.39 is 5.54 Å². The van der Waals surface area contributed by atoms with E-state index in [4.69, 9.17) is 4.98 Å². The molecule has 32 heavy (non-hydrogen) atoms. The SMILES string of the molecule is C=C/C(=C\N(C)C)Nc1nc(-c2cnn(C3(CC#N)CN(C(C)=O)C3)c2)c2sccc2n1. The van der Waals surface area contributed by atoms with Gasteiger partial charge in [0.25, 0.3) is 0 Å². The molecule has 3 aromatic rings. The number of nitriles is 1. The molecular weight excluding hydrogens is 424 g/mol. The van der Waals surface area contributed by atoms with Crippen molar-refractivity contribution in [3.05, 3.63) is 48.4 Å². The minimum absolute atomic E-state index is 0.00144. The van der Waals surface area contributed by atoms with Crippen molar-refractivity contribution in [2.24, 2.45) is 0 Å². The van der Waals surface area contributed by atoms with Crippen molar-refractivity contribution in [1.29, 1.82) is 5.26 Å². The van der Waals surface area contributed by atoms with Crippen LogP contribution in [-0.4, -0.2) is 62.6 Å². The molecule has 1 fully saturated rings. The van der Waals surface area contributed by atoms with Crippen molar-refractivity contribution in [2.45, 2.75) is 18.9 Å². The molecule has 0 saturated carbocycles. The third kappa shape index (κ3) is 3.94. The largest absolute Gasteiger partial charge is 0.382 e. The molecule has 0 unspecified atom stereocenters. The number of carbonyl (C=O) groups excluding carboxylic acids is 1. The van der Waals surface area contributed by atoms with Crippen molar-refractivity contribution in [2.75, 3.05) is 32.5 Å². The Kier molecular flexibility index (Phi) is 5.67. The lowest BCUT2D eigenvalue weighted by molar-refractivity contribution is -0.140. The molecule has 0 spiro atoms. The fourth-order valence-corrected chi connectivity index (χ4v) is 4.58. The summed E-state index contributed by atoms with van der Waals surface area (Å²) < 4.78 is 2.76. The van der Waals surface area contributed by atoms with E-state index in [9.17, 15) is 10.1 Å². The maximum Gasteiger partial charge on any atom is 0.228 e. The number of amides is 1. The molecule has 4 rings (SSSR count). The van der Waals surface area contributed by atoms with E-state index >= 15 is 0 Å². The van der Waals surface area contributed by atoms with Crippen molar-refractivity contribution >= 4 is 33.4 Å². The van der Waals surface area contributed by atoms with Gasteiger partial charge in [0, 0.05) is 52.1 Å². The number of nitrogens with zero attached hydrogens (tertiary/aromatic N) is 7. The fraction of sp³-hybridized carbons (Fsp3) is 0.318. The van der Waals surface area contributed by atoms with Gasteiger partial charge in [-0.15, -0.1) is 11.3 Å². The molecule has 0 radical (unpaired) electrons. The Hall–Kier alpha value is -3.71. The average Bonchev–Trinajstić information content (AvgIpc) is 3.38. The zero-order valence-electron chi connectivity index (χ0n) is 18.2. The minimum atomic E-state index is -0.508. The summed E-state index contributed by atoms with van der Waals surface area (Å²) in [4.78, 5) is 24.7. The third-order valence-corrected chi connectivity index (χ3v) is 6.25. The van der Waals surface area contributed by atoms with Gasteiger partial charge in [-0.05, 0) is 17.5 Å². The smallest absolute Gasteiger partial charge is 0.228 e. The highest BCUT2D eigenvalue weighted by molar-refractivity contribution is 7.17. The summed E-state index contributed by atoms with van der Waals surface area (Å²) in [5, 5.41) is 19.1. The number of anilines is 1. The topological polar surface area (TPSA) is 103 Å². The predicted octanol–water partition coefficient (Wildman–Crippen LogP) is 3.03. The van der Waals surface area contributed by atoms with Crippen LogP contribution < -0.4 is 5.32 Å². The molecule has 1 N–H and O–H groups in total. The van der Waals surface area contributed by atoms with E-state index in [1.54, 1.807) is 33.2 Å². The number of allylic oxidation sites excluding steroid dienone is 1. The van der Waals surface area contributed by atoms with Crippen molar-refractivity contribution in [3.8, 4) is 17.3 Å². The average molecular weight is 449 g/mol. The monoisotopic (exact) mass is 448 g/mol. The summed E-state index contributed by atoms with van der Waals surface area (Å²) >= 11 is 1.57. The quantitative estimate of drug-likeness (QED) is 0.554. The molecule has 0 aromatic carbocycles. The van der Waals surface area contributed by atoms with Crippen molar-refractivity contribution in [1.82, 2.24) is 29.5 Å². The first-order valence-corrected chi connectivity index (χ1v) is 10.9. The highest BCUT2D eigenvalue weighted by Crippen LogP contribution is 2.35. The van der Waals surface area contributed by atoms with Crippen LogP contribution in [0.15, 0.2) is 48.4 Å². The molecule has 1 aliphatic rings. The van der Waals surface area contributed by atoms with Crippen molar-refractivity contribution < 1.29 is 4.79 Å². The Morgan fingerprint density at radius 2 is 2.22 bits per heavy atom. The van der Waals surface area contributed by atoms with E-state index in [-0.39, 0.29) is 12.3 Å². The molecule has 9 nitrogen and oxygen atoms in total. The number of rotatable bonds is 7. The Balaban J connectivity index is 1.71. The van der Waals surface area contributed by atoms with Crippen LogP contribution >= 0.6 is 11.3 Å². The molecule has 1 aliphatic heterocycles. The van der Waals surface area contributed by atoms with Crippen LogP contribution in [0.2, 0.25) is 0 Å². The second-order valence-electron chi connectivity index (χ2n) is 8.02. The summed E-state index contributed by atoms with van der Waals surface area (Å²) in [6.07, 6.45) is 7.55. The Morgan fingerprint density at radius 3 is 2.88 bits per heavy atom. The first-order valence-electron chi connectivity index (χ1n) is 10.1. The molecule has 4 heterocycles. The molecule has 164 valence electrons. The van der Waals surface area contributed by atoms with Gasteiger partial charge in [0.15, 0.2) is 0 Å². The number of likely N-dealkylation sites (tertiary alicyclic amines) is 1. The molecular formula is C22H24N8OS. The normalized spacial score (nSPS) is 15.2. The Bertz CT molecular complexity index is 1240. The van der Waals surface area contributed by atoms with Crippen LogP contribution in [0.3, 0.4) is 0 Å². The van der Waals surface area contributed by atoms with Crippen LogP contribution in [0.4, 0.5) is 5.95 Å². The second kappa shape index (κ2) is 8.43. The molecule has 1 saturated heterocycles. The van der Waals surface area contributed by atoms with Gasteiger partial charge in [-0.2, -0.15) is 10.4 Å². The molecule has 0 atom stereocenters. The zero-order valence-corrected chi connectivity index (χ0v) is 19.1. The third-order valence-electron chi connectivity index (χ3n) is 5.34. The van der Waals surface area contributed by atoms with Crippen LogP contribution in [0, 0.1) is 11.3 Å². The summed E-state index contributed by atoms with van der Waals surface area (Å²) in [5.41, 5.74) is 2.70. The lowest BCUT2D eigenvalue weighted by atomic mass is 9.87. The summed E-state index contributed by atoms with van der Waals surface area (Å²) in [5.74, 6) is 0.464. The lowest BCUT2D eigenvalue weighted by Gasteiger charge is -2.48. The van der Waals surface area contributed by atoms with Gasteiger partial charge >= 0.3 is 0 Å². The summed E-state index contributed by atoms with van der Waals surface area (Å²) in [7, 11) is 3.86. The second-order valence-corrected chi connectivity index (χ2v) is 8.93. The molecule has 0 bridgehead atoms. The van der Waals surface area contributed by atoms with Gasteiger partial charge in [-0.3, -0.25) is 9.48 Å². The van der Waals surface area contributed by atoms with Crippen LogP contribution in [0.1, 0.15) is 13.3 Å². The highest BCUT2D eigenvalue weighted by atomic mass is 32.1. The zero-order chi connectivity index (χ0) is 22.9. The Labute approximate surface area is 190 Å². The van der Waals surface area contributed by atoms with Gasteiger partial charge in [0.1, 0.15) is 5.54 Å². The van der Waals surface area contributed by atoms with E-state index in [1.165, 1.54) is 6.92 Å². The first kappa shape index (κ1) is 21.5. The van der Waals surface area contributed by atoms with Gasteiger partial charge in [0.05, 0.1) is 40.3 Å². The van der Waals surface area contributed by atoms with Crippen LogP contribution in [0.5, 0.6) is 0 Å². The van der Waals surface area contributed by atoms with Gasteiger partial charge in [0.2, 0.25) is 11.9 Å². The lowest BCUT2D eigenvalue weighted by Crippen LogP contribution is -2.63. The van der Waals surface area contributed by atoms with Gasteiger partial charge < -0.3 is 15.1 Å². The summed E-state index contributed by atoms with van der Waals surface area (Å²) in [6, 6.07) is 4.20. The molecule has 3 aromatic heterocycles. The molecule has 10 heteroatoms. The van der Waals surface area contributed by atoms with Gasteiger partial charge in [-0.1, -0.05) is 6.58 Å². The fourth-order valence-electron chi connectivity index (χ4n) is 3.73.